The molecule has 1 aromatic rings. The van der Waals surface area contributed by atoms with Crippen LogP contribution < -0.4 is 0 Å². The van der Waals surface area contributed by atoms with Crippen LogP contribution in [0.5, 0.6) is 0 Å². The van der Waals surface area contributed by atoms with Crippen molar-refractivity contribution in [3.63, 3.8) is 0 Å². The van der Waals surface area contributed by atoms with E-state index in [-0.39, 0.29) is 57.8 Å². The molecule has 0 aliphatic heterocycles. The second-order valence-electron chi connectivity index (χ2n) is 3.90. The number of hydrogen-bond donors (Lipinski definition) is 1. The number of carbonyl (C=O) groups is 1. The molecule has 1 rings (SSSR count). The zero-order valence-corrected chi connectivity index (χ0v) is 14.6. The molecule has 0 amide bonds. The van der Waals surface area contributed by atoms with Crippen molar-refractivity contribution in [2.45, 2.75) is 25.2 Å². The Kier molecular flexibility index (Phi) is 6.68. The molecule has 0 fully saturated rings. The van der Waals surface area contributed by atoms with Crippen molar-refractivity contribution < 1.29 is 39.1 Å². The average molecular weight is 426 g/mol. The number of carboxylic acids is 1. The Morgan fingerprint density at radius 2 is 1.40 bits per heavy atom. The normalized spacial score (nSPS) is 13.6. The van der Waals surface area contributed by atoms with Gasteiger partial charge in [0.15, 0.2) is 0 Å². The molecule has 1 aromatic carbocycles. The quantitative estimate of drug-likeness (QED) is 0.579. The summed E-state index contributed by atoms with van der Waals surface area (Å²) in [6.07, 6.45) is -9.96. The second-order valence-corrected chi connectivity index (χ2v) is 3.90. The molecule has 0 spiro atoms. The first-order valence-electron chi connectivity index (χ1n) is 4.95. The summed E-state index contributed by atoms with van der Waals surface area (Å²) in [7, 11) is 0. The molecule has 1 N–H and O–H groups in total. The van der Waals surface area contributed by atoms with E-state index >= 15 is 0 Å². The van der Waals surface area contributed by atoms with Crippen molar-refractivity contribution in [1.82, 2.24) is 0 Å². The van der Waals surface area contributed by atoms with E-state index in [1.807, 2.05) is 0 Å². The van der Waals surface area contributed by atoms with Crippen LogP contribution in [0.1, 0.15) is 32.4 Å². The van der Waals surface area contributed by atoms with E-state index in [1.54, 1.807) is 0 Å². The van der Waals surface area contributed by atoms with Gasteiger partial charge in [0.25, 0.3) is 0 Å². The fourth-order valence-corrected chi connectivity index (χ4v) is 1.37. The van der Waals surface area contributed by atoms with Crippen molar-refractivity contribution in [2.75, 3.05) is 0 Å². The van der Waals surface area contributed by atoms with Gasteiger partial charge in [-0.2, -0.15) is 26.3 Å². The van der Waals surface area contributed by atoms with Crippen LogP contribution in [0.4, 0.5) is 26.3 Å². The smallest absolute Gasteiger partial charge is 1.00 e. The van der Waals surface area contributed by atoms with Gasteiger partial charge in [-0.15, -0.1) is 0 Å². The van der Waals surface area contributed by atoms with E-state index in [9.17, 15) is 31.1 Å². The summed E-state index contributed by atoms with van der Waals surface area (Å²) in [6, 6.07) is 0.778. The van der Waals surface area contributed by atoms with E-state index in [0.29, 0.717) is 12.1 Å². The molecule has 0 radical (unpaired) electrons. The molecule has 1 unspecified atom stereocenters. The van der Waals surface area contributed by atoms with Gasteiger partial charge in [-0.05, 0) is 30.7 Å². The van der Waals surface area contributed by atoms with E-state index in [2.05, 4.69) is 0 Å². The van der Waals surface area contributed by atoms with Crippen molar-refractivity contribution in [3.8, 4) is 0 Å². The molecule has 110 valence electrons. The summed E-state index contributed by atoms with van der Waals surface area (Å²) < 4.78 is 74.9. The third-order valence-electron chi connectivity index (χ3n) is 2.48. The standard InChI is InChI=1S/C11H8F6O2.Ba.2H/c1-5(9(18)19)6-2-7(10(12,13)14)4-8(3-6)11(15,16)17;;;/h2-5H,1H3,(H,18,19);;;/q;+2;2*-1. The third kappa shape index (κ3) is 4.99. The number of benzene rings is 1. The monoisotopic (exact) mass is 426 g/mol. The van der Waals surface area contributed by atoms with Crippen LogP contribution in [0.15, 0.2) is 18.2 Å². The molecular formula is C11H10BaF6O2. The van der Waals surface area contributed by atoms with Gasteiger partial charge in [0.05, 0.1) is 17.0 Å². The average Bonchev–Trinajstić information content (AvgIpc) is 2.24. The van der Waals surface area contributed by atoms with Crippen LogP contribution in [0.2, 0.25) is 0 Å². The molecule has 0 saturated carbocycles. The van der Waals surface area contributed by atoms with Crippen LogP contribution in [0, 0.1) is 0 Å². The first-order valence-corrected chi connectivity index (χ1v) is 4.95. The minimum Gasteiger partial charge on any atom is -1.00 e. The largest absolute Gasteiger partial charge is 2.00 e. The second kappa shape index (κ2) is 6.73. The predicted octanol–water partition coefficient (Wildman–Crippen LogP) is 3.76. The Morgan fingerprint density at radius 1 is 1.05 bits per heavy atom. The molecule has 0 aliphatic carbocycles. The van der Waals surface area contributed by atoms with Crippen LogP contribution in [-0.2, 0) is 17.1 Å². The number of halogens is 6. The molecule has 20 heavy (non-hydrogen) atoms. The van der Waals surface area contributed by atoms with E-state index in [1.165, 1.54) is 0 Å². The minimum absolute atomic E-state index is 0. The van der Waals surface area contributed by atoms with Gasteiger partial charge in [0.2, 0.25) is 0 Å². The van der Waals surface area contributed by atoms with Crippen molar-refractivity contribution in [1.29, 1.82) is 0 Å². The molecular weight excluding hydrogens is 415 g/mol. The predicted molar refractivity (Wildman–Crippen MR) is 60.5 cm³/mol. The Hall–Kier alpha value is -0.159. The van der Waals surface area contributed by atoms with E-state index in [4.69, 9.17) is 5.11 Å². The summed E-state index contributed by atoms with van der Waals surface area (Å²) in [5, 5.41) is 8.66. The number of hydrogen-bond acceptors (Lipinski definition) is 1. The van der Waals surface area contributed by atoms with Gasteiger partial charge in [0.1, 0.15) is 0 Å². The van der Waals surface area contributed by atoms with Gasteiger partial charge in [-0.25, -0.2) is 0 Å². The maximum Gasteiger partial charge on any atom is 2.00 e. The maximum absolute atomic E-state index is 12.5. The molecule has 0 heterocycles. The third-order valence-corrected chi connectivity index (χ3v) is 2.48. The number of carboxylic acid groups (broad SMARTS) is 1. The Morgan fingerprint density at radius 3 is 1.65 bits per heavy atom. The molecule has 0 bridgehead atoms. The summed E-state index contributed by atoms with van der Waals surface area (Å²) >= 11 is 0. The summed E-state index contributed by atoms with van der Waals surface area (Å²) in [6.45, 7) is 1.01. The Bertz CT molecular complexity index is 472. The fraction of sp³-hybridized carbons (Fsp3) is 0.364. The Balaban J connectivity index is -0.00000120. The summed E-state index contributed by atoms with van der Waals surface area (Å²) in [5.74, 6) is -2.98. The van der Waals surface area contributed by atoms with Crippen LogP contribution >= 0.6 is 0 Å². The molecule has 9 heteroatoms. The Labute approximate surface area is 153 Å². The van der Waals surface area contributed by atoms with Crippen molar-refractivity contribution in [3.05, 3.63) is 34.9 Å². The number of rotatable bonds is 2. The fourth-order valence-electron chi connectivity index (χ4n) is 1.37. The van der Waals surface area contributed by atoms with Crippen LogP contribution in [-0.4, -0.2) is 60.0 Å². The van der Waals surface area contributed by atoms with Crippen LogP contribution in [0.25, 0.3) is 0 Å². The number of alkyl halides is 6. The van der Waals surface area contributed by atoms with Gasteiger partial charge in [-0.1, -0.05) is 0 Å². The molecule has 2 nitrogen and oxygen atoms in total. The molecule has 0 saturated heterocycles. The van der Waals surface area contributed by atoms with Gasteiger partial charge in [0, 0.05) is 0 Å². The first kappa shape index (κ1) is 19.8. The van der Waals surface area contributed by atoms with Gasteiger partial charge in [-0.3, -0.25) is 4.79 Å². The van der Waals surface area contributed by atoms with Gasteiger partial charge < -0.3 is 7.96 Å². The summed E-state index contributed by atoms with van der Waals surface area (Å²) in [5.41, 5.74) is -3.59. The number of aliphatic carboxylic acids is 1. The maximum atomic E-state index is 12.5. The zero-order chi connectivity index (χ0) is 15.0. The topological polar surface area (TPSA) is 37.3 Å². The van der Waals surface area contributed by atoms with Gasteiger partial charge >= 0.3 is 67.2 Å². The van der Waals surface area contributed by atoms with Crippen molar-refractivity contribution >= 4 is 54.9 Å². The molecule has 0 aromatic heterocycles. The van der Waals surface area contributed by atoms with E-state index in [0.717, 1.165) is 6.92 Å². The zero-order valence-electron chi connectivity index (χ0n) is 12.1. The SMILES string of the molecule is CC(C(=O)O)c1cc(C(F)(F)F)cc(C(F)(F)F)c1.[Ba+2].[H-].[H-]. The van der Waals surface area contributed by atoms with Crippen LogP contribution in [0.3, 0.4) is 0 Å². The summed E-state index contributed by atoms with van der Waals surface area (Å²) in [4.78, 5) is 10.7. The minimum atomic E-state index is -4.98. The molecule has 0 aliphatic rings. The first-order chi connectivity index (χ1) is 8.43. The molecule has 1 atom stereocenters. The van der Waals surface area contributed by atoms with Crippen molar-refractivity contribution in [2.24, 2.45) is 0 Å². The van der Waals surface area contributed by atoms with E-state index < -0.39 is 40.9 Å².